The van der Waals surface area contributed by atoms with Gasteiger partial charge in [0.1, 0.15) is 5.75 Å². The summed E-state index contributed by atoms with van der Waals surface area (Å²) in [5, 5.41) is 10.9. The average Bonchev–Trinajstić information content (AvgIpc) is 3.24. The summed E-state index contributed by atoms with van der Waals surface area (Å²) in [6, 6.07) is 20.9. The topological polar surface area (TPSA) is 68.5 Å². The highest BCUT2D eigenvalue weighted by atomic mass is 35.5. The van der Waals surface area contributed by atoms with Crippen LogP contribution in [0.1, 0.15) is 19.7 Å². The van der Waals surface area contributed by atoms with Gasteiger partial charge >= 0.3 is 0 Å². The molecule has 1 aromatic heterocycles. The van der Waals surface area contributed by atoms with Crippen LogP contribution in [-0.4, -0.2) is 33.7 Å². The maximum Gasteiger partial charge on any atom is 0.261 e. The van der Waals surface area contributed by atoms with E-state index in [1.807, 2.05) is 74.5 Å². The fourth-order valence-corrected chi connectivity index (χ4v) is 3.47. The zero-order chi connectivity index (χ0) is 21.8. The van der Waals surface area contributed by atoms with Gasteiger partial charge in [-0.2, -0.15) is 0 Å². The van der Waals surface area contributed by atoms with Gasteiger partial charge in [-0.25, -0.2) is 0 Å². The van der Waals surface area contributed by atoms with Crippen molar-refractivity contribution in [2.75, 3.05) is 6.61 Å². The van der Waals surface area contributed by atoms with Crippen molar-refractivity contribution in [3.05, 3.63) is 77.6 Å². The predicted octanol–water partition coefficient (Wildman–Crippen LogP) is 5.36. The first kappa shape index (κ1) is 20.9. The number of carbonyl (C=O) groups is 1. The van der Waals surface area contributed by atoms with E-state index in [2.05, 4.69) is 10.2 Å². The number of carbonyl (C=O) groups excluding carboxylic acids is 1. The molecule has 0 atom stereocenters. The Bertz CT molecular complexity index is 1210. The van der Waals surface area contributed by atoms with E-state index in [0.29, 0.717) is 28.1 Å². The summed E-state index contributed by atoms with van der Waals surface area (Å²) >= 11 is 6.20. The highest BCUT2D eigenvalue weighted by Gasteiger charge is 2.21. The van der Waals surface area contributed by atoms with E-state index in [-0.39, 0.29) is 25.1 Å². The number of hydrogen-bond donors (Lipinski definition) is 0. The molecule has 158 valence electrons. The Morgan fingerprint density at radius 2 is 1.77 bits per heavy atom. The highest BCUT2D eigenvalue weighted by molar-refractivity contribution is 6.33. The number of aromatic nitrogens is 2. The summed E-state index contributed by atoms with van der Waals surface area (Å²) in [6.07, 6.45) is 0. The van der Waals surface area contributed by atoms with Gasteiger partial charge in [-0.3, -0.25) is 4.79 Å². The van der Waals surface area contributed by atoms with Crippen LogP contribution in [0.25, 0.3) is 22.2 Å². The van der Waals surface area contributed by atoms with E-state index in [4.69, 9.17) is 20.8 Å². The van der Waals surface area contributed by atoms with Gasteiger partial charge in [-0.05, 0) is 48.9 Å². The number of nitrogens with zero attached hydrogens (tertiary/aromatic N) is 3. The van der Waals surface area contributed by atoms with Gasteiger partial charge in [0, 0.05) is 6.04 Å². The van der Waals surface area contributed by atoms with E-state index in [1.54, 1.807) is 11.0 Å². The molecule has 3 aromatic carbocycles. The van der Waals surface area contributed by atoms with Crippen LogP contribution in [0.4, 0.5) is 0 Å². The fraction of sp³-hybridized carbons (Fsp3) is 0.208. The maximum absolute atomic E-state index is 12.8. The number of amides is 1. The minimum absolute atomic E-state index is 0.0663. The van der Waals surface area contributed by atoms with E-state index in [9.17, 15) is 4.79 Å². The van der Waals surface area contributed by atoms with Crippen LogP contribution in [0.2, 0.25) is 5.02 Å². The first-order valence-electron chi connectivity index (χ1n) is 9.99. The molecule has 0 fully saturated rings. The van der Waals surface area contributed by atoms with E-state index >= 15 is 0 Å². The lowest BCUT2D eigenvalue weighted by molar-refractivity contribution is -0.136. The molecule has 6 nitrogen and oxygen atoms in total. The predicted molar refractivity (Wildman–Crippen MR) is 120 cm³/mol. The smallest absolute Gasteiger partial charge is 0.261 e. The molecule has 31 heavy (non-hydrogen) atoms. The second-order valence-corrected chi connectivity index (χ2v) is 7.80. The molecule has 0 bridgehead atoms. The van der Waals surface area contributed by atoms with Crippen LogP contribution in [0.15, 0.2) is 71.1 Å². The molecule has 0 unspecified atom stereocenters. The van der Waals surface area contributed by atoms with Crippen LogP contribution < -0.4 is 4.74 Å². The van der Waals surface area contributed by atoms with E-state index < -0.39 is 0 Å². The molecule has 4 rings (SSSR count). The minimum Gasteiger partial charge on any atom is -0.484 e. The zero-order valence-electron chi connectivity index (χ0n) is 17.3. The van der Waals surface area contributed by atoms with E-state index in [1.165, 1.54) is 0 Å². The van der Waals surface area contributed by atoms with Crippen molar-refractivity contribution in [3.63, 3.8) is 0 Å². The summed E-state index contributed by atoms with van der Waals surface area (Å²) in [5.41, 5.74) is 0.657. The van der Waals surface area contributed by atoms with Gasteiger partial charge in [-0.1, -0.05) is 54.1 Å². The molecule has 0 saturated carbocycles. The molecular formula is C24H22ClN3O3. The lowest BCUT2D eigenvalue weighted by Gasteiger charge is -2.25. The van der Waals surface area contributed by atoms with Crippen LogP contribution in [0.5, 0.6) is 5.75 Å². The Kier molecular flexibility index (Phi) is 6.18. The van der Waals surface area contributed by atoms with E-state index in [0.717, 1.165) is 10.8 Å². The lowest BCUT2D eigenvalue weighted by atomic mass is 10.1. The van der Waals surface area contributed by atoms with Crippen molar-refractivity contribution >= 4 is 28.3 Å². The number of hydrogen-bond acceptors (Lipinski definition) is 5. The van der Waals surface area contributed by atoms with Gasteiger partial charge < -0.3 is 14.1 Å². The molecule has 0 aliphatic carbocycles. The molecule has 1 heterocycles. The summed E-state index contributed by atoms with van der Waals surface area (Å²) < 4.78 is 11.5. The van der Waals surface area contributed by atoms with Crippen molar-refractivity contribution < 1.29 is 13.9 Å². The number of rotatable bonds is 7. The van der Waals surface area contributed by atoms with Gasteiger partial charge in [-0.15, -0.1) is 10.2 Å². The summed E-state index contributed by atoms with van der Waals surface area (Å²) in [5.74, 6) is 1.14. The molecule has 1 amide bonds. The Hall–Kier alpha value is -3.38. The second-order valence-electron chi connectivity index (χ2n) is 7.39. The van der Waals surface area contributed by atoms with Gasteiger partial charge in [0.25, 0.3) is 5.91 Å². The van der Waals surface area contributed by atoms with Crippen molar-refractivity contribution in [2.24, 2.45) is 0 Å². The first-order chi connectivity index (χ1) is 15.0. The highest BCUT2D eigenvalue weighted by Crippen LogP contribution is 2.26. The number of fused-ring (bicyclic) bond motifs is 1. The minimum atomic E-state index is -0.166. The van der Waals surface area contributed by atoms with Crippen LogP contribution in [-0.2, 0) is 11.3 Å². The normalized spacial score (nSPS) is 11.1. The Morgan fingerprint density at radius 3 is 2.55 bits per heavy atom. The molecule has 0 aliphatic rings. The van der Waals surface area contributed by atoms with Crippen LogP contribution in [0, 0.1) is 0 Å². The van der Waals surface area contributed by atoms with Gasteiger partial charge in [0.2, 0.25) is 11.8 Å². The molecule has 7 heteroatoms. The third-order valence-electron chi connectivity index (χ3n) is 4.90. The molecule has 0 spiro atoms. The van der Waals surface area contributed by atoms with Crippen molar-refractivity contribution in [3.8, 4) is 17.2 Å². The monoisotopic (exact) mass is 435 g/mol. The summed E-state index contributed by atoms with van der Waals surface area (Å²) in [4.78, 5) is 14.5. The SMILES string of the molecule is CC(C)N(Cc1nnc(-c2ccccc2Cl)o1)C(=O)COc1ccc2ccccc2c1. The van der Waals surface area contributed by atoms with Crippen molar-refractivity contribution in [1.29, 1.82) is 0 Å². The molecule has 0 saturated heterocycles. The first-order valence-corrected chi connectivity index (χ1v) is 10.4. The van der Waals surface area contributed by atoms with Crippen LogP contribution >= 0.6 is 11.6 Å². The van der Waals surface area contributed by atoms with Gasteiger partial charge in [0.15, 0.2) is 6.61 Å². The summed E-state index contributed by atoms with van der Waals surface area (Å²) in [6.45, 7) is 3.97. The third kappa shape index (κ3) is 4.86. The largest absolute Gasteiger partial charge is 0.484 e. The number of benzene rings is 3. The Morgan fingerprint density at radius 1 is 1.03 bits per heavy atom. The molecular weight excluding hydrogens is 414 g/mol. The maximum atomic E-state index is 12.8. The van der Waals surface area contributed by atoms with Gasteiger partial charge in [0.05, 0.1) is 17.1 Å². The molecule has 4 aromatic rings. The Balaban J connectivity index is 1.43. The fourth-order valence-electron chi connectivity index (χ4n) is 3.25. The Labute approximate surface area is 185 Å². The van der Waals surface area contributed by atoms with Crippen LogP contribution in [0.3, 0.4) is 0 Å². The molecule has 0 aliphatic heterocycles. The molecule has 0 radical (unpaired) electrons. The summed E-state index contributed by atoms with van der Waals surface area (Å²) in [7, 11) is 0. The standard InChI is InChI=1S/C24H22ClN3O3/c1-16(2)28(14-22-26-27-24(31-22)20-9-5-6-10-21(20)25)23(29)15-30-19-12-11-17-7-3-4-8-18(17)13-19/h3-13,16H,14-15H2,1-2H3. The van der Waals surface area contributed by atoms with Crippen molar-refractivity contribution in [1.82, 2.24) is 15.1 Å². The lowest BCUT2D eigenvalue weighted by Crippen LogP contribution is -2.39. The third-order valence-corrected chi connectivity index (χ3v) is 5.23. The quantitative estimate of drug-likeness (QED) is 0.391. The zero-order valence-corrected chi connectivity index (χ0v) is 18.0. The average molecular weight is 436 g/mol. The number of ether oxygens (including phenoxy) is 1. The molecule has 0 N–H and O–H groups in total. The second kappa shape index (κ2) is 9.18. The van der Waals surface area contributed by atoms with Crippen molar-refractivity contribution in [2.45, 2.75) is 26.4 Å². The number of halogens is 1.